The van der Waals surface area contributed by atoms with Crippen molar-refractivity contribution < 1.29 is 23.9 Å². The van der Waals surface area contributed by atoms with Crippen molar-refractivity contribution in [3.05, 3.63) is 12.2 Å². The quantitative estimate of drug-likeness (QED) is 0.295. The molecule has 0 radical (unpaired) electrons. The number of methoxy groups -OCH3 is 1. The standard InChI is InChI=1S/C10H14O5/c1-6(7(11)14-5)8(12)15-9(13)10(2,3)4/h1H2,2-5H3. The minimum absolute atomic E-state index is 0.505. The van der Waals surface area contributed by atoms with Gasteiger partial charge in [0.25, 0.3) is 0 Å². The predicted molar refractivity (Wildman–Crippen MR) is 51.7 cm³/mol. The second-order valence-electron chi connectivity index (χ2n) is 3.90. The van der Waals surface area contributed by atoms with Gasteiger partial charge in [0.1, 0.15) is 5.57 Å². The van der Waals surface area contributed by atoms with Crippen LogP contribution in [0, 0.1) is 5.41 Å². The molecule has 5 heteroatoms. The third kappa shape index (κ3) is 3.93. The maximum absolute atomic E-state index is 11.3. The molecule has 0 aliphatic rings. The fraction of sp³-hybridized carbons (Fsp3) is 0.500. The SMILES string of the molecule is C=C(C(=O)OC)C(=O)OC(=O)C(C)(C)C. The molecule has 15 heavy (non-hydrogen) atoms. The third-order valence-electron chi connectivity index (χ3n) is 1.48. The van der Waals surface area contributed by atoms with Crippen LogP contribution < -0.4 is 0 Å². The van der Waals surface area contributed by atoms with Crippen molar-refractivity contribution in [1.29, 1.82) is 0 Å². The Labute approximate surface area is 88.0 Å². The summed E-state index contributed by atoms with van der Waals surface area (Å²) >= 11 is 0. The van der Waals surface area contributed by atoms with E-state index in [-0.39, 0.29) is 0 Å². The Balaban J connectivity index is 4.46. The van der Waals surface area contributed by atoms with Crippen molar-refractivity contribution in [2.24, 2.45) is 5.41 Å². The highest BCUT2D eigenvalue weighted by atomic mass is 16.6. The summed E-state index contributed by atoms with van der Waals surface area (Å²) in [7, 11) is 1.10. The molecule has 0 atom stereocenters. The van der Waals surface area contributed by atoms with Gasteiger partial charge in [-0.25, -0.2) is 9.59 Å². The fourth-order valence-electron chi connectivity index (χ4n) is 0.505. The molecule has 5 nitrogen and oxygen atoms in total. The summed E-state index contributed by atoms with van der Waals surface area (Å²) < 4.78 is 8.67. The number of rotatable bonds is 2. The lowest BCUT2D eigenvalue weighted by atomic mass is 9.97. The van der Waals surface area contributed by atoms with Gasteiger partial charge >= 0.3 is 17.9 Å². The van der Waals surface area contributed by atoms with E-state index in [1.54, 1.807) is 20.8 Å². The van der Waals surface area contributed by atoms with Crippen LogP contribution in [0.4, 0.5) is 0 Å². The smallest absolute Gasteiger partial charge is 0.352 e. The lowest BCUT2D eigenvalue weighted by molar-refractivity contribution is -0.163. The van der Waals surface area contributed by atoms with Gasteiger partial charge in [0, 0.05) is 0 Å². The summed E-state index contributed by atoms with van der Waals surface area (Å²) in [6.07, 6.45) is 0. The van der Waals surface area contributed by atoms with E-state index in [1.807, 2.05) is 0 Å². The highest BCUT2D eigenvalue weighted by Crippen LogP contribution is 2.16. The van der Waals surface area contributed by atoms with Crippen LogP contribution in [-0.4, -0.2) is 25.0 Å². The van der Waals surface area contributed by atoms with Crippen LogP contribution in [0.5, 0.6) is 0 Å². The maximum Gasteiger partial charge on any atom is 0.352 e. The molecule has 0 bridgehead atoms. The van der Waals surface area contributed by atoms with Gasteiger partial charge in [0.05, 0.1) is 12.5 Å². The topological polar surface area (TPSA) is 69.7 Å². The molecule has 0 N–H and O–H groups in total. The Kier molecular flexibility index (Phi) is 4.21. The van der Waals surface area contributed by atoms with Crippen LogP contribution in [0.1, 0.15) is 20.8 Å². The molecule has 0 aromatic rings. The summed E-state index contributed by atoms with van der Waals surface area (Å²) in [6, 6.07) is 0. The Morgan fingerprint density at radius 3 is 1.87 bits per heavy atom. The van der Waals surface area contributed by atoms with Crippen LogP contribution in [0.3, 0.4) is 0 Å². The van der Waals surface area contributed by atoms with Crippen molar-refractivity contribution in [2.45, 2.75) is 20.8 Å². The summed E-state index contributed by atoms with van der Waals surface area (Å²) in [5, 5.41) is 0. The van der Waals surface area contributed by atoms with Crippen molar-refractivity contribution in [2.75, 3.05) is 7.11 Å². The van der Waals surface area contributed by atoms with Gasteiger partial charge in [0.2, 0.25) is 0 Å². The zero-order chi connectivity index (χ0) is 12.2. The normalized spacial score (nSPS) is 10.4. The van der Waals surface area contributed by atoms with Gasteiger partial charge < -0.3 is 9.47 Å². The van der Waals surface area contributed by atoms with E-state index in [0.717, 1.165) is 7.11 Å². The van der Waals surface area contributed by atoms with E-state index in [1.165, 1.54) is 0 Å². The van der Waals surface area contributed by atoms with Gasteiger partial charge in [-0.2, -0.15) is 0 Å². The maximum atomic E-state index is 11.3. The Morgan fingerprint density at radius 2 is 1.53 bits per heavy atom. The molecular formula is C10H14O5. The molecule has 0 saturated carbocycles. The summed E-state index contributed by atoms with van der Waals surface area (Å²) in [6.45, 7) is 7.92. The first kappa shape index (κ1) is 13.4. The first-order valence-electron chi connectivity index (χ1n) is 4.24. The second kappa shape index (κ2) is 4.72. The first-order chi connectivity index (χ1) is 6.70. The number of carbonyl (C=O) groups excluding carboxylic acids is 3. The Hall–Kier alpha value is -1.65. The zero-order valence-corrected chi connectivity index (χ0v) is 9.25. The molecule has 0 fully saturated rings. The number of hydrogen-bond donors (Lipinski definition) is 0. The largest absolute Gasteiger partial charge is 0.465 e. The van der Waals surface area contributed by atoms with E-state index in [4.69, 9.17) is 0 Å². The van der Waals surface area contributed by atoms with Crippen LogP contribution in [-0.2, 0) is 23.9 Å². The summed E-state index contributed by atoms with van der Waals surface area (Å²) in [5.41, 5.74) is -1.32. The second-order valence-corrected chi connectivity index (χ2v) is 3.90. The minimum atomic E-state index is -1.08. The lowest BCUT2D eigenvalue weighted by Crippen LogP contribution is -2.28. The van der Waals surface area contributed by atoms with Gasteiger partial charge in [-0.05, 0) is 20.8 Å². The van der Waals surface area contributed by atoms with E-state index >= 15 is 0 Å². The molecule has 0 aliphatic carbocycles. The molecule has 0 aromatic carbocycles. The Morgan fingerprint density at radius 1 is 1.07 bits per heavy atom. The summed E-state index contributed by atoms with van der Waals surface area (Å²) in [5.74, 6) is -2.72. The highest BCUT2D eigenvalue weighted by Gasteiger charge is 2.28. The number of hydrogen-bond acceptors (Lipinski definition) is 5. The molecule has 0 aliphatic heterocycles. The zero-order valence-electron chi connectivity index (χ0n) is 9.25. The van der Waals surface area contributed by atoms with Crippen LogP contribution in [0.2, 0.25) is 0 Å². The van der Waals surface area contributed by atoms with Gasteiger partial charge in [0.15, 0.2) is 0 Å². The molecule has 0 spiro atoms. The molecule has 0 aromatic heterocycles. The molecule has 0 amide bonds. The molecular weight excluding hydrogens is 200 g/mol. The van der Waals surface area contributed by atoms with Crippen molar-refractivity contribution in [3.63, 3.8) is 0 Å². The van der Waals surface area contributed by atoms with E-state index < -0.39 is 28.9 Å². The first-order valence-corrected chi connectivity index (χ1v) is 4.24. The van der Waals surface area contributed by atoms with Crippen LogP contribution in [0.15, 0.2) is 12.2 Å². The molecule has 0 unspecified atom stereocenters. The average molecular weight is 214 g/mol. The average Bonchev–Trinajstić information content (AvgIpc) is 2.13. The highest BCUT2D eigenvalue weighted by molar-refractivity contribution is 6.15. The van der Waals surface area contributed by atoms with Gasteiger partial charge in [-0.3, -0.25) is 4.79 Å². The molecule has 0 saturated heterocycles. The third-order valence-corrected chi connectivity index (χ3v) is 1.48. The molecule has 0 heterocycles. The molecule has 84 valence electrons. The van der Waals surface area contributed by atoms with Crippen LogP contribution in [0.25, 0.3) is 0 Å². The van der Waals surface area contributed by atoms with E-state index in [9.17, 15) is 14.4 Å². The monoisotopic (exact) mass is 214 g/mol. The van der Waals surface area contributed by atoms with Crippen molar-refractivity contribution in [3.8, 4) is 0 Å². The fourth-order valence-corrected chi connectivity index (χ4v) is 0.505. The number of carbonyl (C=O) groups is 3. The number of ether oxygens (including phenoxy) is 2. The predicted octanol–water partition coefficient (Wildman–Crippen LogP) is 0.831. The minimum Gasteiger partial charge on any atom is -0.465 e. The summed E-state index contributed by atoms with van der Waals surface area (Å²) in [4.78, 5) is 33.3. The van der Waals surface area contributed by atoms with Gasteiger partial charge in [-0.15, -0.1) is 0 Å². The van der Waals surface area contributed by atoms with Gasteiger partial charge in [-0.1, -0.05) is 6.58 Å². The van der Waals surface area contributed by atoms with Crippen molar-refractivity contribution >= 4 is 17.9 Å². The van der Waals surface area contributed by atoms with Crippen molar-refractivity contribution in [1.82, 2.24) is 0 Å². The lowest BCUT2D eigenvalue weighted by Gasteiger charge is -2.15. The number of esters is 3. The van der Waals surface area contributed by atoms with E-state index in [2.05, 4.69) is 16.1 Å². The molecule has 0 rings (SSSR count). The van der Waals surface area contributed by atoms with Crippen LogP contribution >= 0.6 is 0 Å². The van der Waals surface area contributed by atoms with E-state index in [0.29, 0.717) is 0 Å². The Bertz CT molecular complexity index is 308.